The molecule has 1 saturated carbocycles. The normalized spacial score (nSPS) is 16.9. The van der Waals surface area contributed by atoms with Crippen molar-refractivity contribution in [3.05, 3.63) is 23.8 Å². The molecule has 0 bridgehead atoms. The van der Waals surface area contributed by atoms with Gasteiger partial charge in [0.25, 0.3) is 0 Å². The Labute approximate surface area is 124 Å². The molecule has 0 heterocycles. The minimum absolute atomic E-state index is 0.0752. The number of hydrogen-bond acceptors (Lipinski definition) is 5. The van der Waals surface area contributed by atoms with Gasteiger partial charge in [0.1, 0.15) is 10.6 Å². The van der Waals surface area contributed by atoms with Gasteiger partial charge >= 0.3 is 0 Å². The van der Waals surface area contributed by atoms with E-state index in [0.717, 1.165) is 18.4 Å². The summed E-state index contributed by atoms with van der Waals surface area (Å²) in [6.07, 6.45) is 4.12. The predicted molar refractivity (Wildman–Crippen MR) is 81.6 cm³/mol. The Morgan fingerprint density at radius 3 is 2.65 bits per heavy atom. The Morgan fingerprint density at radius 1 is 1.45 bits per heavy atom. The summed E-state index contributed by atoms with van der Waals surface area (Å²) in [5, 5.41) is 0. The third kappa shape index (κ3) is 3.28. The first-order valence-corrected chi connectivity index (χ1v) is 9.09. The Morgan fingerprint density at radius 2 is 2.15 bits per heavy atom. The number of nitrogens with one attached hydrogen (secondary N) is 1. The van der Waals surface area contributed by atoms with Crippen LogP contribution in [0.15, 0.2) is 23.1 Å². The topological polar surface area (TPSA) is 81.4 Å². The summed E-state index contributed by atoms with van der Waals surface area (Å²) in [5.41, 5.74) is 6.33. The third-order valence-corrected chi connectivity index (χ3v) is 6.42. The molecule has 0 saturated heterocycles. The summed E-state index contributed by atoms with van der Waals surface area (Å²) in [7, 11) is -2.12. The number of nitrogens with two attached hydrogens (primary N) is 1. The SMILES string of the molecule is COc1ccc(CN)cc1S(=O)(=O)NCC1(SC)CC1. The van der Waals surface area contributed by atoms with Crippen LogP contribution >= 0.6 is 11.8 Å². The van der Waals surface area contributed by atoms with Crippen LogP contribution in [0.2, 0.25) is 0 Å². The molecule has 1 aromatic rings. The lowest BCUT2D eigenvalue weighted by Gasteiger charge is -2.15. The zero-order valence-electron chi connectivity index (χ0n) is 11.7. The Balaban J connectivity index is 2.23. The fourth-order valence-corrected chi connectivity index (χ4v) is 4.12. The van der Waals surface area contributed by atoms with Gasteiger partial charge in [0.2, 0.25) is 10.0 Å². The molecule has 0 spiro atoms. The van der Waals surface area contributed by atoms with Gasteiger partial charge < -0.3 is 10.5 Å². The zero-order valence-corrected chi connectivity index (χ0v) is 13.3. The van der Waals surface area contributed by atoms with Gasteiger partial charge in [-0.2, -0.15) is 11.8 Å². The molecule has 1 aliphatic rings. The van der Waals surface area contributed by atoms with Gasteiger partial charge in [-0.15, -0.1) is 0 Å². The molecule has 20 heavy (non-hydrogen) atoms. The molecule has 0 aromatic heterocycles. The molecule has 0 radical (unpaired) electrons. The summed E-state index contributed by atoms with van der Waals surface area (Å²) in [5.74, 6) is 0.337. The fourth-order valence-electron chi connectivity index (χ4n) is 1.95. The zero-order chi connectivity index (χ0) is 14.8. The molecule has 0 unspecified atom stereocenters. The quantitative estimate of drug-likeness (QED) is 0.793. The summed E-state index contributed by atoms with van der Waals surface area (Å²) < 4.78 is 32.8. The number of benzene rings is 1. The van der Waals surface area contributed by atoms with Crippen molar-refractivity contribution in [2.24, 2.45) is 5.73 Å². The highest BCUT2D eigenvalue weighted by molar-refractivity contribution is 8.00. The third-order valence-electron chi connectivity index (χ3n) is 3.58. The minimum Gasteiger partial charge on any atom is -0.495 e. The van der Waals surface area contributed by atoms with E-state index in [9.17, 15) is 8.42 Å². The summed E-state index contributed by atoms with van der Waals surface area (Å²) >= 11 is 1.71. The first kappa shape index (κ1) is 15.6. The van der Waals surface area contributed by atoms with Crippen LogP contribution in [0, 0.1) is 0 Å². The van der Waals surface area contributed by atoms with Gasteiger partial charge in [0, 0.05) is 17.8 Å². The second kappa shape index (κ2) is 5.93. The molecule has 1 fully saturated rings. The van der Waals surface area contributed by atoms with Gasteiger partial charge in [-0.05, 0) is 36.8 Å². The number of ether oxygens (including phenoxy) is 1. The highest BCUT2D eigenvalue weighted by Gasteiger charge is 2.42. The Kier molecular flexibility index (Phi) is 4.63. The van der Waals surface area contributed by atoms with Gasteiger partial charge in [-0.1, -0.05) is 6.07 Å². The highest BCUT2D eigenvalue weighted by atomic mass is 32.2. The van der Waals surface area contributed by atoms with Crippen LogP contribution in [-0.2, 0) is 16.6 Å². The summed E-state index contributed by atoms with van der Waals surface area (Å²) in [6.45, 7) is 0.744. The molecule has 112 valence electrons. The second-order valence-corrected chi connectivity index (χ2v) is 7.91. The second-order valence-electron chi connectivity index (χ2n) is 4.90. The summed E-state index contributed by atoms with van der Waals surface area (Å²) in [4.78, 5) is 0.153. The van der Waals surface area contributed by atoms with E-state index in [0.29, 0.717) is 18.8 Å². The van der Waals surface area contributed by atoms with E-state index in [2.05, 4.69) is 4.72 Å². The van der Waals surface area contributed by atoms with Crippen molar-refractivity contribution in [1.82, 2.24) is 4.72 Å². The van der Waals surface area contributed by atoms with Crippen LogP contribution < -0.4 is 15.2 Å². The van der Waals surface area contributed by atoms with Crippen molar-refractivity contribution < 1.29 is 13.2 Å². The van der Waals surface area contributed by atoms with E-state index in [1.807, 2.05) is 6.26 Å². The number of thioether (sulfide) groups is 1. The molecule has 0 aliphatic heterocycles. The molecule has 1 aliphatic carbocycles. The van der Waals surface area contributed by atoms with Crippen LogP contribution in [-0.4, -0.2) is 33.1 Å². The van der Waals surface area contributed by atoms with Crippen molar-refractivity contribution in [2.75, 3.05) is 19.9 Å². The van der Waals surface area contributed by atoms with E-state index < -0.39 is 10.0 Å². The Hall–Kier alpha value is -0.760. The first-order chi connectivity index (χ1) is 9.46. The lowest BCUT2D eigenvalue weighted by molar-refractivity contribution is 0.402. The van der Waals surface area contributed by atoms with Crippen molar-refractivity contribution in [3.63, 3.8) is 0 Å². The fraction of sp³-hybridized carbons (Fsp3) is 0.538. The number of sulfonamides is 1. The molecule has 1 aromatic carbocycles. The van der Waals surface area contributed by atoms with E-state index in [4.69, 9.17) is 10.5 Å². The average Bonchev–Trinajstić information content (AvgIpc) is 3.25. The maximum absolute atomic E-state index is 12.4. The van der Waals surface area contributed by atoms with Crippen LogP contribution in [0.1, 0.15) is 18.4 Å². The van der Waals surface area contributed by atoms with Crippen molar-refractivity contribution in [2.45, 2.75) is 29.0 Å². The molecule has 0 amide bonds. The van der Waals surface area contributed by atoms with Crippen LogP contribution in [0.3, 0.4) is 0 Å². The Bertz CT molecular complexity index is 583. The van der Waals surface area contributed by atoms with E-state index in [1.54, 1.807) is 30.0 Å². The maximum Gasteiger partial charge on any atom is 0.244 e. The van der Waals surface area contributed by atoms with Crippen LogP contribution in [0.25, 0.3) is 0 Å². The maximum atomic E-state index is 12.4. The molecule has 0 atom stereocenters. The lowest BCUT2D eigenvalue weighted by Crippen LogP contribution is -2.32. The molecule has 3 N–H and O–H groups in total. The van der Waals surface area contributed by atoms with Crippen LogP contribution in [0.5, 0.6) is 5.75 Å². The van der Waals surface area contributed by atoms with Gasteiger partial charge in [-0.3, -0.25) is 0 Å². The largest absolute Gasteiger partial charge is 0.495 e. The van der Waals surface area contributed by atoms with E-state index >= 15 is 0 Å². The van der Waals surface area contributed by atoms with Crippen molar-refractivity contribution in [3.8, 4) is 5.75 Å². The minimum atomic E-state index is -3.58. The highest BCUT2D eigenvalue weighted by Crippen LogP contribution is 2.46. The van der Waals surface area contributed by atoms with Crippen molar-refractivity contribution >= 4 is 21.8 Å². The van der Waals surface area contributed by atoms with E-state index in [-0.39, 0.29) is 9.64 Å². The summed E-state index contributed by atoms with van der Waals surface area (Å²) in [6, 6.07) is 4.97. The smallest absolute Gasteiger partial charge is 0.244 e. The standard InChI is InChI=1S/C13H20N2O3S2/c1-18-11-4-3-10(8-14)7-12(11)20(16,17)15-9-13(19-2)5-6-13/h3-4,7,15H,5-6,8-9,14H2,1-2H3. The molecule has 5 nitrogen and oxygen atoms in total. The van der Waals surface area contributed by atoms with E-state index in [1.165, 1.54) is 7.11 Å². The van der Waals surface area contributed by atoms with Gasteiger partial charge in [0.05, 0.1) is 7.11 Å². The molecular formula is C13H20N2O3S2. The van der Waals surface area contributed by atoms with Gasteiger partial charge in [-0.25, -0.2) is 13.1 Å². The molecular weight excluding hydrogens is 296 g/mol. The number of methoxy groups -OCH3 is 1. The average molecular weight is 316 g/mol. The van der Waals surface area contributed by atoms with Crippen molar-refractivity contribution in [1.29, 1.82) is 0 Å². The molecule has 2 rings (SSSR count). The molecule has 7 heteroatoms. The monoisotopic (exact) mass is 316 g/mol. The predicted octanol–water partition coefficient (Wildman–Crippen LogP) is 1.33. The first-order valence-electron chi connectivity index (χ1n) is 6.38. The van der Waals surface area contributed by atoms with Gasteiger partial charge in [0.15, 0.2) is 0 Å². The number of hydrogen-bond donors (Lipinski definition) is 2. The lowest BCUT2D eigenvalue weighted by atomic mass is 10.2. The number of rotatable bonds is 7. The van der Waals surface area contributed by atoms with Crippen LogP contribution in [0.4, 0.5) is 0 Å².